The lowest BCUT2D eigenvalue weighted by Gasteiger charge is -2.23. The summed E-state index contributed by atoms with van der Waals surface area (Å²) in [7, 11) is 0. The number of ether oxygens (including phenoxy) is 2. The summed E-state index contributed by atoms with van der Waals surface area (Å²) in [5.41, 5.74) is -2.68. The first-order valence-corrected chi connectivity index (χ1v) is 6.99. The molecule has 0 saturated carbocycles. The van der Waals surface area contributed by atoms with Crippen LogP contribution in [-0.4, -0.2) is 23.5 Å². The maximum Gasteiger partial charge on any atom is 0.551 e. The molecule has 0 atom stereocenters. The minimum absolute atomic E-state index is 0.253. The van der Waals surface area contributed by atoms with Crippen molar-refractivity contribution >= 4 is 12.3 Å². The molecular formula is C14H20N2O6. The van der Waals surface area contributed by atoms with Crippen molar-refractivity contribution in [3.05, 3.63) is 0 Å². The van der Waals surface area contributed by atoms with E-state index in [1.807, 2.05) is 12.1 Å². The van der Waals surface area contributed by atoms with Crippen molar-refractivity contribution in [2.45, 2.75) is 64.6 Å². The van der Waals surface area contributed by atoms with Crippen molar-refractivity contribution in [2.75, 3.05) is 0 Å². The molecule has 0 radical (unpaired) electrons. The summed E-state index contributed by atoms with van der Waals surface area (Å²) in [5, 5.41) is 18.0. The molecule has 0 spiro atoms. The largest absolute Gasteiger partial charge is 0.551 e. The molecule has 0 saturated heterocycles. The highest BCUT2D eigenvalue weighted by Crippen LogP contribution is 2.21. The van der Waals surface area contributed by atoms with E-state index in [2.05, 4.69) is 9.78 Å². The molecule has 0 unspecified atom stereocenters. The Morgan fingerprint density at radius 1 is 0.773 bits per heavy atom. The fraction of sp³-hybridized carbons (Fsp3) is 0.714. The van der Waals surface area contributed by atoms with Gasteiger partial charge in [0.15, 0.2) is 0 Å². The fourth-order valence-electron chi connectivity index (χ4n) is 1.57. The number of hydrogen-bond donors (Lipinski definition) is 0. The highest BCUT2D eigenvalue weighted by atomic mass is 17.3. The van der Waals surface area contributed by atoms with Gasteiger partial charge in [-0.25, -0.2) is 0 Å². The Morgan fingerprint density at radius 2 is 1.05 bits per heavy atom. The van der Waals surface area contributed by atoms with Gasteiger partial charge in [-0.3, -0.25) is 0 Å². The van der Waals surface area contributed by atoms with Gasteiger partial charge in [-0.05, 0) is 25.7 Å². The van der Waals surface area contributed by atoms with Crippen molar-refractivity contribution in [2.24, 2.45) is 0 Å². The van der Waals surface area contributed by atoms with E-state index in [-0.39, 0.29) is 25.7 Å². The molecule has 0 fully saturated rings. The van der Waals surface area contributed by atoms with E-state index in [0.717, 1.165) is 0 Å². The second kappa shape index (κ2) is 8.73. The lowest BCUT2D eigenvalue weighted by atomic mass is 10.00. The summed E-state index contributed by atoms with van der Waals surface area (Å²) in [6.07, 6.45) is -1.66. The third kappa shape index (κ3) is 5.13. The molecule has 8 nitrogen and oxygen atoms in total. The molecule has 0 aliphatic carbocycles. The minimum atomic E-state index is -1.34. The average Bonchev–Trinajstić information content (AvgIpc) is 2.56. The van der Waals surface area contributed by atoms with E-state index in [0.29, 0.717) is 0 Å². The Kier molecular flexibility index (Phi) is 7.74. The topological polar surface area (TPSA) is 119 Å². The molecule has 22 heavy (non-hydrogen) atoms. The maximum absolute atomic E-state index is 11.4. The van der Waals surface area contributed by atoms with Crippen LogP contribution in [-0.2, 0) is 19.2 Å². The zero-order chi connectivity index (χ0) is 17.2. The van der Waals surface area contributed by atoms with Crippen LogP contribution in [0, 0.1) is 22.7 Å². The summed E-state index contributed by atoms with van der Waals surface area (Å²) in [6, 6.07) is 3.72. The van der Waals surface area contributed by atoms with Gasteiger partial charge in [-0.1, -0.05) is 27.7 Å². The molecule has 0 amide bonds. The summed E-state index contributed by atoms with van der Waals surface area (Å²) in [5.74, 6) is 0. The molecule has 0 aromatic rings. The van der Waals surface area contributed by atoms with Crippen LogP contribution in [0.5, 0.6) is 0 Å². The van der Waals surface area contributed by atoms with Gasteiger partial charge in [-0.2, -0.15) is 29.9 Å². The van der Waals surface area contributed by atoms with Crippen molar-refractivity contribution in [3.8, 4) is 12.1 Å². The molecule has 0 bridgehead atoms. The number of rotatable bonds is 6. The summed E-state index contributed by atoms with van der Waals surface area (Å²) in [6.45, 7) is 6.66. The van der Waals surface area contributed by atoms with Gasteiger partial charge in [0, 0.05) is 0 Å². The average molecular weight is 312 g/mol. The Bertz CT molecular complexity index is 425. The standard InChI is InChI=1S/C14H20N2O6/c1-5-13(6-2,9-15)19-11(17)21-22-12(18)20-14(7-3,8-4)10-16/h5-8H2,1-4H3. The molecule has 0 aliphatic rings. The molecule has 0 aliphatic heterocycles. The molecule has 8 heteroatoms. The van der Waals surface area contributed by atoms with Crippen LogP contribution in [0.25, 0.3) is 0 Å². The predicted octanol–water partition coefficient (Wildman–Crippen LogP) is 3.37. The summed E-state index contributed by atoms with van der Waals surface area (Å²) >= 11 is 0. The lowest BCUT2D eigenvalue weighted by Crippen LogP contribution is -2.34. The van der Waals surface area contributed by atoms with Gasteiger partial charge < -0.3 is 9.47 Å². The summed E-state index contributed by atoms with van der Waals surface area (Å²) in [4.78, 5) is 31.1. The minimum Gasteiger partial charge on any atom is -0.410 e. The Hall–Kier alpha value is -2.48. The molecule has 0 heterocycles. The maximum atomic E-state index is 11.4. The molecule has 0 aromatic carbocycles. The van der Waals surface area contributed by atoms with Crippen LogP contribution in [0.4, 0.5) is 9.59 Å². The number of carbonyl (C=O) groups is 2. The van der Waals surface area contributed by atoms with Gasteiger partial charge in [0.1, 0.15) is 12.1 Å². The van der Waals surface area contributed by atoms with Crippen LogP contribution in [0.15, 0.2) is 0 Å². The highest BCUT2D eigenvalue weighted by Gasteiger charge is 2.34. The quantitative estimate of drug-likeness (QED) is 0.416. The first-order valence-electron chi connectivity index (χ1n) is 6.99. The predicted molar refractivity (Wildman–Crippen MR) is 73.0 cm³/mol. The molecular weight excluding hydrogens is 292 g/mol. The van der Waals surface area contributed by atoms with Crippen LogP contribution < -0.4 is 0 Å². The monoisotopic (exact) mass is 312 g/mol. The van der Waals surface area contributed by atoms with Gasteiger partial charge >= 0.3 is 12.3 Å². The third-order valence-electron chi connectivity index (χ3n) is 3.43. The zero-order valence-electron chi connectivity index (χ0n) is 13.2. The molecule has 0 aromatic heterocycles. The Balaban J connectivity index is 4.52. The second-order valence-corrected chi connectivity index (χ2v) is 4.50. The smallest absolute Gasteiger partial charge is 0.410 e. The van der Waals surface area contributed by atoms with E-state index in [1.54, 1.807) is 27.7 Å². The Labute approximate surface area is 129 Å². The van der Waals surface area contributed by atoms with E-state index in [4.69, 9.17) is 20.0 Å². The third-order valence-corrected chi connectivity index (χ3v) is 3.43. The number of carbonyl (C=O) groups excluding carboxylic acids is 2. The van der Waals surface area contributed by atoms with Crippen LogP contribution in [0.3, 0.4) is 0 Å². The van der Waals surface area contributed by atoms with Gasteiger partial charge in [0.25, 0.3) is 0 Å². The van der Waals surface area contributed by atoms with Gasteiger partial charge in [0.2, 0.25) is 11.2 Å². The first kappa shape index (κ1) is 19.5. The Morgan fingerprint density at radius 3 is 1.23 bits per heavy atom. The zero-order valence-corrected chi connectivity index (χ0v) is 13.2. The van der Waals surface area contributed by atoms with Crippen LogP contribution in [0.2, 0.25) is 0 Å². The van der Waals surface area contributed by atoms with E-state index >= 15 is 0 Å². The van der Waals surface area contributed by atoms with Crippen molar-refractivity contribution in [1.29, 1.82) is 10.5 Å². The highest BCUT2D eigenvalue weighted by molar-refractivity contribution is 5.64. The second-order valence-electron chi connectivity index (χ2n) is 4.50. The SMILES string of the molecule is CCC(C#N)(CC)OC(=O)OOC(=O)OC(C#N)(CC)CC. The summed E-state index contributed by atoms with van der Waals surface area (Å²) < 4.78 is 9.65. The number of hydrogen-bond acceptors (Lipinski definition) is 8. The van der Waals surface area contributed by atoms with Gasteiger partial charge in [-0.15, -0.1) is 0 Å². The lowest BCUT2D eigenvalue weighted by molar-refractivity contribution is -0.231. The number of nitriles is 2. The molecule has 0 N–H and O–H groups in total. The molecule has 122 valence electrons. The van der Waals surface area contributed by atoms with Crippen LogP contribution >= 0.6 is 0 Å². The fourth-order valence-corrected chi connectivity index (χ4v) is 1.57. The van der Waals surface area contributed by atoms with E-state index in [9.17, 15) is 9.59 Å². The first-order chi connectivity index (χ1) is 10.4. The van der Waals surface area contributed by atoms with Crippen molar-refractivity contribution < 1.29 is 28.8 Å². The van der Waals surface area contributed by atoms with E-state index < -0.39 is 23.5 Å². The number of nitrogens with zero attached hydrogens (tertiary/aromatic N) is 2. The van der Waals surface area contributed by atoms with E-state index in [1.165, 1.54) is 0 Å². The van der Waals surface area contributed by atoms with Crippen molar-refractivity contribution in [3.63, 3.8) is 0 Å². The van der Waals surface area contributed by atoms with Crippen molar-refractivity contribution in [1.82, 2.24) is 0 Å². The normalized spacial score (nSPS) is 10.8. The van der Waals surface area contributed by atoms with Crippen LogP contribution in [0.1, 0.15) is 53.4 Å². The van der Waals surface area contributed by atoms with Gasteiger partial charge in [0.05, 0.1) is 0 Å². The molecule has 0 rings (SSSR count).